The van der Waals surface area contributed by atoms with E-state index in [2.05, 4.69) is 9.98 Å². The highest BCUT2D eigenvalue weighted by molar-refractivity contribution is 6.02. The molecule has 0 heterocycles. The molecule has 0 aromatic heterocycles. The van der Waals surface area contributed by atoms with Gasteiger partial charge in [-0.05, 0) is 5.56 Å². The van der Waals surface area contributed by atoms with Gasteiger partial charge in [-0.1, -0.05) is 12.1 Å². The number of hydrogen-bond donors (Lipinski definition) is 0. The monoisotopic (exact) mass is 389 g/mol. The fraction of sp³-hybridized carbons (Fsp3) is 0.421. The number of aliphatic imine (C=N–C) groups is 2. The number of esters is 1. The summed E-state index contributed by atoms with van der Waals surface area (Å²) in [7, 11) is 10.3. The molecule has 9 heteroatoms. The molecular formula is C19H27N5O4. The Morgan fingerprint density at radius 1 is 1.18 bits per heavy atom. The highest BCUT2D eigenvalue weighted by Gasteiger charge is 2.20. The molecule has 0 radical (unpaired) electrons. The lowest BCUT2D eigenvalue weighted by Gasteiger charge is -2.23. The van der Waals surface area contributed by atoms with Crippen molar-refractivity contribution in [1.82, 2.24) is 9.80 Å². The van der Waals surface area contributed by atoms with Gasteiger partial charge in [-0.25, -0.2) is 4.99 Å². The summed E-state index contributed by atoms with van der Waals surface area (Å²) in [6, 6.07) is 6.31. The van der Waals surface area contributed by atoms with E-state index < -0.39 is 4.92 Å². The Labute approximate surface area is 165 Å². The maximum Gasteiger partial charge on any atom is 0.310 e. The van der Waals surface area contributed by atoms with E-state index in [1.54, 1.807) is 30.3 Å². The first-order chi connectivity index (χ1) is 13.2. The summed E-state index contributed by atoms with van der Waals surface area (Å²) in [6.07, 6.45) is 2.22. The molecular weight excluding hydrogens is 362 g/mol. The van der Waals surface area contributed by atoms with Gasteiger partial charge in [0.05, 0.1) is 18.5 Å². The summed E-state index contributed by atoms with van der Waals surface area (Å²) in [5.74, 6) is 0.825. The zero-order valence-corrected chi connectivity index (χ0v) is 17.2. The second kappa shape index (κ2) is 10.8. The van der Waals surface area contributed by atoms with Gasteiger partial charge in [0.25, 0.3) is 5.69 Å². The number of carbonyl (C=O) groups excluding carboxylic acids is 1. The largest absolute Gasteiger partial charge is 0.469 e. The predicted molar refractivity (Wildman–Crippen MR) is 110 cm³/mol. The second-order valence-corrected chi connectivity index (χ2v) is 6.33. The Morgan fingerprint density at radius 2 is 1.79 bits per heavy atom. The molecule has 152 valence electrons. The Hall–Kier alpha value is -3.23. The molecule has 1 rings (SSSR count). The number of nitro groups is 1. The first-order valence-electron chi connectivity index (χ1n) is 8.58. The minimum absolute atomic E-state index is 0.0315. The number of likely N-dealkylation sites (N-methyl/N-ethyl adjacent to an activating group) is 1. The van der Waals surface area contributed by atoms with Crippen LogP contribution >= 0.6 is 0 Å². The van der Waals surface area contributed by atoms with Crippen LogP contribution in [0.25, 0.3) is 0 Å². The van der Waals surface area contributed by atoms with E-state index in [0.717, 1.165) is 5.56 Å². The molecule has 0 unspecified atom stereocenters. The Morgan fingerprint density at radius 3 is 2.21 bits per heavy atom. The van der Waals surface area contributed by atoms with E-state index in [1.165, 1.54) is 19.2 Å². The van der Waals surface area contributed by atoms with Crippen LogP contribution in [0.15, 0.2) is 45.6 Å². The van der Waals surface area contributed by atoms with Gasteiger partial charge in [-0.2, -0.15) is 0 Å². The van der Waals surface area contributed by atoms with Crippen LogP contribution in [-0.2, 0) is 16.0 Å². The van der Waals surface area contributed by atoms with Crippen LogP contribution in [0.5, 0.6) is 0 Å². The fourth-order valence-corrected chi connectivity index (χ4v) is 2.53. The van der Waals surface area contributed by atoms with Crippen molar-refractivity contribution < 1.29 is 14.5 Å². The molecule has 0 fully saturated rings. The molecule has 0 aliphatic heterocycles. The summed E-state index contributed by atoms with van der Waals surface area (Å²) in [5, 5.41) is 10.7. The summed E-state index contributed by atoms with van der Waals surface area (Å²) in [6.45, 7) is 0. The molecule has 28 heavy (non-hydrogen) atoms. The number of ether oxygens (including phenoxy) is 1. The third-order valence-electron chi connectivity index (χ3n) is 3.84. The van der Waals surface area contributed by atoms with E-state index in [4.69, 9.17) is 4.74 Å². The molecule has 0 aliphatic carbocycles. The van der Waals surface area contributed by atoms with E-state index in [1.807, 2.05) is 33.1 Å². The van der Waals surface area contributed by atoms with Crippen molar-refractivity contribution in [3.63, 3.8) is 0 Å². The Kier molecular flexibility index (Phi) is 8.80. The summed E-state index contributed by atoms with van der Waals surface area (Å²) >= 11 is 0. The molecule has 1 aromatic carbocycles. The third kappa shape index (κ3) is 6.49. The number of amidine groups is 1. The van der Waals surface area contributed by atoms with Gasteiger partial charge in [-0.15, -0.1) is 0 Å². The Balaban J connectivity index is 3.21. The number of nitrogens with zero attached hydrogens (tertiary/aromatic N) is 5. The van der Waals surface area contributed by atoms with Gasteiger partial charge in [0.1, 0.15) is 11.7 Å². The number of benzene rings is 1. The second-order valence-electron chi connectivity index (χ2n) is 6.33. The molecule has 0 amide bonds. The molecule has 0 aliphatic rings. The number of methoxy groups -OCH3 is 1. The number of carbonyl (C=O) groups is 1. The zero-order valence-electron chi connectivity index (χ0n) is 17.2. The van der Waals surface area contributed by atoms with Crippen LogP contribution in [-0.4, -0.2) is 75.1 Å². The van der Waals surface area contributed by atoms with Crippen LogP contribution in [0.2, 0.25) is 0 Å². The first kappa shape index (κ1) is 22.8. The normalized spacial score (nSPS) is 12.6. The molecule has 0 bridgehead atoms. The third-order valence-corrected chi connectivity index (χ3v) is 3.84. The predicted octanol–water partition coefficient (Wildman–Crippen LogP) is 2.13. The lowest BCUT2D eigenvalue weighted by molar-refractivity contribution is -0.384. The average molecular weight is 389 g/mol. The highest BCUT2D eigenvalue weighted by Crippen LogP contribution is 2.18. The smallest absolute Gasteiger partial charge is 0.310 e. The number of hydrogen-bond acceptors (Lipinski definition) is 7. The van der Waals surface area contributed by atoms with Crippen LogP contribution in [0.4, 0.5) is 5.69 Å². The standard InChI is InChI=1S/C19H27N5O4/c1-20-18(22(2)3)16(13-17(25)28-6)19(23(4)5)21-12-11-14-7-9-15(10-8-14)24(26)27/h7-10,12H,11,13H2,1-6H3/b19-16+,20-18?,21-12?. The van der Waals surface area contributed by atoms with E-state index in [-0.39, 0.29) is 18.1 Å². The average Bonchev–Trinajstić information content (AvgIpc) is 2.64. The maximum atomic E-state index is 11.9. The topological polar surface area (TPSA) is 101 Å². The highest BCUT2D eigenvalue weighted by atomic mass is 16.6. The Bertz CT molecular complexity index is 780. The van der Waals surface area contributed by atoms with Gasteiger partial charge in [0, 0.05) is 65.6 Å². The summed E-state index contributed by atoms with van der Waals surface area (Å²) in [5.41, 5.74) is 1.58. The molecule has 9 nitrogen and oxygen atoms in total. The maximum absolute atomic E-state index is 11.9. The van der Waals surface area contributed by atoms with Crippen molar-refractivity contribution in [2.45, 2.75) is 12.8 Å². The van der Waals surface area contributed by atoms with Gasteiger partial charge in [0.2, 0.25) is 0 Å². The fourth-order valence-electron chi connectivity index (χ4n) is 2.53. The van der Waals surface area contributed by atoms with Crippen LogP contribution in [0, 0.1) is 10.1 Å². The van der Waals surface area contributed by atoms with Crippen LogP contribution < -0.4 is 0 Å². The molecule has 0 saturated carbocycles. The van der Waals surface area contributed by atoms with Crippen molar-refractivity contribution in [2.24, 2.45) is 9.98 Å². The lowest BCUT2D eigenvalue weighted by Crippen LogP contribution is -2.29. The first-order valence-corrected chi connectivity index (χ1v) is 8.58. The van der Waals surface area contributed by atoms with Crippen molar-refractivity contribution in [3.8, 4) is 0 Å². The lowest BCUT2D eigenvalue weighted by atomic mass is 10.1. The van der Waals surface area contributed by atoms with Crippen molar-refractivity contribution in [1.29, 1.82) is 0 Å². The summed E-state index contributed by atoms with van der Waals surface area (Å²) in [4.78, 5) is 34.7. The molecule has 0 N–H and O–H groups in total. The minimum atomic E-state index is -0.434. The van der Waals surface area contributed by atoms with Gasteiger partial charge in [-0.3, -0.25) is 19.9 Å². The zero-order chi connectivity index (χ0) is 21.3. The number of non-ortho nitro benzene ring substituents is 1. The van der Waals surface area contributed by atoms with E-state index in [9.17, 15) is 14.9 Å². The molecule has 0 spiro atoms. The van der Waals surface area contributed by atoms with Crippen LogP contribution in [0.1, 0.15) is 12.0 Å². The van der Waals surface area contributed by atoms with Gasteiger partial charge < -0.3 is 14.5 Å². The van der Waals surface area contributed by atoms with Crippen LogP contribution in [0.3, 0.4) is 0 Å². The minimum Gasteiger partial charge on any atom is -0.469 e. The quantitative estimate of drug-likeness (QED) is 0.222. The van der Waals surface area contributed by atoms with E-state index in [0.29, 0.717) is 23.7 Å². The summed E-state index contributed by atoms with van der Waals surface area (Å²) < 4.78 is 4.82. The van der Waals surface area contributed by atoms with Crippen molar-refractivity contribution in [3.05, 3.63) is 51.3 Å². The van der Waals surface area contributed by atoms with Gasteiger partial charge in [0.15, 0.2) is 0 Å². The van der Waals surface area contributed by atoms with Crippen molar-refractivity contribution >= 4 is 23.7 Å². The molecule has 0 atom stereocenters. The van der Waals surface area contributed by atoms with Crippen molar-refractivity contribution in [2.75, 3.05) is 42.3 Å². The number of nitro benzene ring substituents is 1. The van der Waals surface area contributed by atoms with E-state index >= 15 is 0 Å². The molecule has 0 saturated heterocycles. The van der Waals surface area contributed by atoms with Gasteiger partial charge >= 0.3 is 5.97 Å². The SMILES string of the molecule is CN=C(/C(CC(=O)OC)=C(\N=CCc1ccc([N+](=O)[O-])cc1)N(C)C)N(C)C. The number of rotatable bonds is 8. The molecule has 1 aromatic rings.